The maximum Gasteiger partial charge on any atom is 0.316 e. The van der Waals surface area contributed by atoms with Crippen LogP contribution in [-0.2, 0) is 9.09 Å². The molecule has 19 heavy (non-hydrogen) atoms. The summed E-state index contributed by atoms with van der Waals surface area (Å²) in [6.45, 7) is -0.324. The van der Waals surface area contributed by atoms with Crippen molar-refractivity contribution in [2.75, 3.05) is 11.9 Å². The van der Waals surface area contributed by atoms with Gasteiger partial charge in [-0.3, -0.25) is 4.57 Å². The quantitative estimate of drug-likeness (QED) is 0.637. The van der Waals surface area contributed by atoms with E-state index in [-0.39, 0.29) is 19.0 Å². The minimum atomic E-state index is -3.26. The Bertz CT molecular complexity index is 439. The van der Waals surface area contributed by atoms with Gasteiger partial charge in [0, 0.05) is 12.5 Å². The maximum absolute atomic E-state index is 14.1. The van der Waals surface area contributed by atoms with Crippen molar-refractivity contribution in [3.05, 3.63) is 12.7 Å². The van der Waals surface area contributed by atoms with E-state index >= 15 is 0 Å². The molecule has 1 aliphatic rings. The van der Waals surface area contributed by atoms with E-state index in [0.29, 0.717) is 0 Å². The Morgan fingerprint density at radius 1 is 1.53 bits per heavy atom. The molecule has 1 fully saturated rings. The summed E-state index contributed by atoms with van der Waals surface area (Å²) in [6.07, 6.45) is 0.141. The lowest BCUT2D eigenvalue weighted by atomic mass is 10.1. The zero-order chi connectivity index (χ0) is 13.8. The first-order valence-electron chi connectivity index (χ1n) is 5.65. The molecule has 0 radical (unpaired) electrons. The van der Waals surface area contributed by atoms with E-state index in [4.69, 9.17) is 10.00 Å². The molecule has 1 aromatic rings. The summed E-state index contributed by atoms with van der Waals surface area (Å²) in [4.78, 5) is 20.0. The highest BCUT2D eigenvalue weighted by Gasteiger charge is 2.45. The van der Waals surface area contributed by atoms with Gasteiger partial charge in [0.25, 0.3) is 0 Å². The predicted molar refractivity (Wildman–Crippen MR) is 63.4 cm³/mol. The van der Waals surface area contributed by atoms with E-state index in [1.807, 2.05) is 0 Å². The third kappa shape index (κ3) is 3.44. The van der Waals surface area contributed by atoms with Crippen LogP contribution in [0.25, 0.3) is 0 Å². The minimum absolute atomic E-state index is 0.205. The number of rotatable bonds is 5. The highest BCUT2D eigenvalue weighted by atomic mass is 31.1. The fraction of sp³-hybridized carbons (Fsp3) is 0.667. The molecule has 3 N–H and O–H groups in total. The first-order chi connectivity index (χ1) is 9.11. The molecule has 0 aliphatic heterocycles. The Morgan fingerprint density at radius 2 is 2.21 bits per heavy atom. The van der Waals surface area contributed by atoms with Crippen LogP contribution in [0.3, 0.4) is 0 Å². The van der Waals surface area contributed by atoms with Gasteiger partial charge < -0.3 is 19.8 Å². The summed E-state index contributed by atoms with van der Waals surface area (Å²) in [5.74, 6) is -0.341. The molecule has 2 rings (SSSR count). The number of halogens is 1. The van der Waals surface area contributed by atoms with Gasteiger partial charge in [0.05, 0.1) is 6.04 Å². The minimum Gasteiger partial charge on any atom is -0.396 e. The van der Waals surface area contributed by atoms with Crippen LogP contribution in [0.4, 0.5) is 10.3 Å². The number of aliphatic hydroxyl groups excluding tert-OH is 1. The molecule has 0 bridgehead atoms. The number of hydrogen-bond donors (Lipinski definition) is 3. The SMILES string of the molecule is O=[PH](O)O[C@@H]1C(CO)C[C@@H](Nc2ncncn2)[C@@H]1F. The molecular weight excluding hydrogens is 278 g/mol. The number of aromatic nitrogens is 3. The van der Waals surface area contributed by atoms with Crippen molar-refractivity contribution >= 4 is 14.2 Å². The van der Waals surface area contributed by atoms with E-state index in [0.717, 1.165) is 0 Å². The Morgan fingerprint density at radius 3 is 2.79 bits per heavy atom. The Labute approximate surface area is 109 Å². The summed E-state index contributed by atoms with van der Waals surface area (Å²) >= 11 is 0. The van der Waals surface area contributed by atoms with E-state index < -0.39 is 32.5 Å². The van der Waals surface area contributed by atoms with Crippen molar-refractivity contribution in [2.24, 2.45) is 5.92 Å². The van der Waals surface area contributed by atoms with Crippen LogP contribution in [-0.4, -0.2) is 49.9 Å². The van der Waals surface area contributed by atoms with E-state index in [1.165, 1.54) is 12.7 Å². The summed E-state index contributed by atoms with van der Waals surface area (Å²) in [7, 11) is -3.26. The topological polar surface area (TPSA) is 117 Å². The third-order valence-corrected chi connectivity index (χ3v) is 3.47. The molecule has 10 heteroatoms. The molecule has 1 aromatic heterocycles. The Balaban J connectivity index is 2.05. The van der Waals surface area contributed by atoms with E-state index in [2.05, 4.69) is 24.8 Å². The molecule has 1 saturated carbocycles. The van der Waals surface area contributed by atoms with Crippen molar-refractivity contribution in [2.45, 2.75) is 24.7 Å². The maximum atomic E-state index is 14.1. The number of nitrogens with zero attached hydrogens (tertiary/aromatic N) is 3. The van der Waals surface area contributed by atoms with E-state index in [9.17, 15) is 8.96 Å². The fourth-order valence-corrected chi connectivity index (χ4v) is 2.71. The van der Waals surface area contributed by atoms with E-state index in [1.54, 1.807) is 0 Å². The Kier molecular flexibility index (Phi) is 4.76. The van der Waals surface area contributed by atoms with Gasteiger partial charge in [-0.1, -0.05) is 0 Å². The van der Waals surface area contributed by atoms with Crippen LogP contribution < -0.4 is 5.32 Å². The lowest BCUT2D eigenvalue weighted by molar-refractivity contribution is 0.0611. The van der Waals surface area contributed by atoms with Crippen LogP contribution in [0.2, 0.25) is 0 Å². The van der Waals surface area contributed by atoms with Crippen LogP contribution in [0, 0.1) is 5.92 Å². The standard InChI is InChI=1S/C9H14FN4O4P/c10-7-6(14-9-12-3-11-4-13-9)1-5(2-15)8(7)18-19(16)17/h3-8,15,19H,1-2H2,(H,16,17)(H,11,12,13,14)/t5?,6-,7+,8-/m1/s1. The third-order valence-electron chi connectivity index (χ3n) is 3.00. The normalized spacial score (nSPS) is 32.2. The number of nitrogens with one attached hydrogen (secondary N) is 1. The van der Waals surface area contributed by atoms with Gasteiger partial charge in [0.2, 0.25) is 5.95 Å². The first kappa shape index (κ1) is 14.3. The van der Waals surface area contributed by atoms with Gasteiger partial charge in [-0.25, -0.2) is 19.3 Å². The second-order valence-corrected chi connectivity index (χ2v) is 4.95. The molecule has 1 heterocycles. The summed E-state index contributed by atoms with van der Waals surface area (Å²) in [5, 5.41) is 11.9. The zero-order valence-corrected chi connectivity index (χ0v) is 10.8. The second kappa shape index (κ2) is 6.33. The molecule has 1 aliphatic carbocycles. The molecule has 5 atom stereocenters. The summed E-state index contributed by atoms with van der Waals surface area (Å²) < 4.78 is 29.5. The van der Waals surface area contributed by atoms with Crippen LogP contribution >= 0.6 is 8.25 Å². The van der Waals surface area contributed by atoms with Crippen molar-refractivity contribution < 1.29 is 23.5 Å². The molecule has 0 aromatic carbocycles. The zero-order valence-electron chi connectivity index (χ0n) is 9.81. The molecule has 8 nitrogen and oxygen atoms in total. The van der Waals surface area contributed by atoms with Gasteiger partial charge in [0.15, 0.2) is 0 Å². The van der Waals surface area contributed by atoms with Crippen molar-refractivity contribution in [1.29, 1.82) is 0 Å². The first-order valence-corrected chi connectivity index (χ1v) is 6.91. The molecule has 0 amide bonds. The summed E-state index contributed by atoms with van der Waals surface area (Å²) in [6, 6.07) is -0.689. The van der Waals surface area contributed by atoms with Crippen LogP contribution in [0.5, 0.6) is 0 Å². The van der Waals surface area contributed by atoms with Gasteiger partial charge in [-0.05, 0) is 6.42 Å². The molecular formula is C9H14FN4O4P. The Hall–Kier alpha value is -1.15. The van der Waals surface area contributed by atoms with Gasteiger partial charge in [-0.15, -0.1) is 0 Å². The average molecular weight is 292 g/mol. The number of anilines is 1. The highest BCUT2D eigenvalue weighted by molar-refractivity contribution is 7.32. The van der Waals surface area contributed by atoms with Gasteiger partial charge in [-0.2, -0.15) is 0 Å². The lowest BCUT2D eigenvalue weighted by Crippen LogP contribution is -2.33. The van der Waals surface area contributed by atoms with Crippen molar-refractivity contribution in [3.8, 4) is 0 Å². The fourth-order valence-electron chi connectivity index (χ4n) is 2.15. The monoisotopic (exact) mass is 292 g/mol. The van der Waals surface area contributed by atoms with Crippen molar-refractivity contribution in [3.63, 3.8) is 0 Å². The van der Waals surface area contributed by atoms with Crippen LogP contribution in [0.15, 0.2) is 12.7 Å². The lowest BCUT2D eigenvalue weighted by Gasteiger charge is -2.19. The van der Waals surface area contributed by atoms with Gasteiger partial charge >= 0.3 is 8.25 Å². The van der Waals surface area contributed by atoms with Crippen LogP contribution in [0.1, 0.15) is 6.42 Å². The molecule has 0 saturated heterocycles. The highest BCUT2D eigenvalue weighted by Crippen LogP contribution is 2.37. The largest absolute Gasteiger partial charge is 0.396 e. The average Bonchev–Trinajstić information content (AvgIpc) is 2.68. The molecule has 106 valence electrons. The number of alkyl halides is 1. The molecule has 0 spiro atoms. The number of hydrogen-bond acceptors (Lipinski definition) is 7. The molecule has 2 unspecified atom stereocenters. The second-order valence-electron chi connectivity index (χ2n) is 4.18. The number of aliphatic hydroxyl groups is 1. The smallest absolute Gasteiger partial charge is 0.316 e. The van der Waals surface area contributed by atoms with Gasteiger partial charge in [0.1, 0.15) is 24.9 Å². The predicted octanol–water partition coefficient (Wildman–Crippen LogP) is -0.230. The summed E-state index contributed by atoms with van der Waals surface area (Å²) in [5.41, 5.74) is 0. The van der Waals surface area contributed by atoms with Crippen molar-refractivity contribution in [1.82, 2.24) is 15.0 Å².